The molecule has 1 aromatic carbocycles. The molecule has 1 aromatic heterocycles. The van der Waals surface area contributed by atoms with Crippen molar-refractivity contribution >= 4 is 22.5 Å². The summed E-state index contributed by atoms with van der Waals surface area (Å²) in [4.78, 5) is 8.34. The fourth-order valence-corrected chi connectivity index (χ4v) is 4.48. The van der Waals surface area contributed by atoms with E-state index < -0.39 is 0 Å². The van der Waals surface area contributed by atoms with Gasteiger partial charge in [-0.2, -0.15) is 0 Å². The van der Waals surface area contributed by atoms with Gasteiger partial charge in [0.2, 0.25) is 0 Å². The van der Waals surface area contributed by atoms with Gasteiger partial charge in [-0.1, -0.05) is 25.1 Å². The van der Waals surface area contributed by atoms with Gasteiger partial charge in [0.25, 0.3) is 0 Å². The molecule has 0 radical (unpaired) electrons. The van der Waals surface area contributed by atoms with Crippen molar-refractivity contribution in [1.82, 2.24) is 9.88 Å². The monoisotopic (exact) mass is 373 g/mol. The molecule has 26 heavy (non-hydrogen) atoms. The first-order valence-corrected chi connectivity index (χ1v) is 9.94. The number of ether oxygens (including phenoxy) is 1. The fourth-order valence-electron chi connectivity index (χ4n) is 3.53. The minimum absolute atomic E-state index is 0.169. The van der Waals surface area contributed by atoms with E-state index in [0.29, 0.717) is 16.9 Å². The number of benzene rings is 1. The predicted octanol–water partition coefficient (Wildman–Crippen LogP) is 3.72. The van der Waals surface area contributed by atoms with Crippen molar-refractivity contribution in [3.63, 3.8) is 0 Å². The summed E-state index contributed by atoms with van der Waals surface area (Å²) in [5.41, 5.74) is 8.04. The Morgan fingerprint density at radius 2 is 2.31 bits per heavy atom. The Labute approximate surface area is 159 Å². The highest BCUT2D eigenvalue weighted by atomic mass is 32.1. The van der Waals surface area contributed by atoms with E-state index in [-0.39, 0.29) is 5.75 Å². The number of anilines is 1. The van der Waals surface area contributed by atoms with Crippen LogP contribution in [0.15, 0.2) is 24.3 Å². The summed E-state index contributed by atoms with van der Waals surface area (Å²) in [6.45, 7) is 4.19. The van der Waals surface area contributed by atoms with Crippen molar-refractivity contribution in [3.05, 3.63) is 40.4 Å². The fraction of sp³-hybridized carbons (Fsp3) is 0.450. The van der Waals surface area contributed by atoms with Crippen LogP contribution in [0.4, 0.5) is 5.13 Å². The predicted molar refractivity (Wildman–Crippen MR) is 108 cm³/mol. The molecule has 0 spiro atoms. The van der Waals surface area contributed by atoms with Gasteiger partial charge in [-0.15, -0.1) is 11.3 Å². The highest BCUT2D eigenvalue weighted by molar-refractivity contribution is 7.15. The molecule has 1 aliphatic carbocycles. The second kappa shape index (κ2) is 8.56. The molecule has 6 heteroatoms. The van der Waals surface area contributed by atoms with Crippen molar-refractivity contribution in [2.75, 3.05) is 25.9 Å². The number of nitrogens with two attached hydrogens (primary N) is 1. The molecular formula is C20H27N3O2S. The topological polar surface area (TPSA) is 71.6 Å². The van der Waals surface area contributed by atoms with Gasteiger partial charge in [-0.25, -0.2) is 4.98 Å². The lowest BCUT2D eigenvalue weighted by atomic mass is 9.96. The first-order chi connectivity index (χ1) is 12.6. The number of phenols is 1. The standard InChI is InChI=1S/C20H27N3O2S/c1-3-10-23(15-7-8-16-19(13-15)26-20(21)22-16)11-4-5-14-6-9-18(25-2)17(24)12-14/h4-6,9,12,15,24H,3,7-8,10-11,13H2,1-2H3,(H2,21,22)/b5-4+. The maximum absolute atomic E-state index is 9.90. The lowest BCUT2D eigenvalue weighted by Gasteiger charge is -2.33. The van der Waals surface area contributed by atoms with Crippen molar-refractivity contribution in [1.29, 1.82) is 0 Å². The van der Waals surface area contributed by atoms with Crippen molar-refractivity contribution in [3.8, 4) is 11.5 Å². The van der Waals surface area contributed by atoms with E-state index in [1.54, 1.807) is 30.6 Å². The van der Waals surface area contributed by atoms with Gasteiger partial charge in [-0.3, -0.25) is 4.90 Å². The molecule has 3 N–H and O–H groups in total. The van der Waals surface area contributed by atoms with Crippen LogP contribution in [-0.2, 0) is 12.8 Å². The van der Waals surface area contributed by atoms with Crippen molar-refractivity contribution in [2.45, 2.75) is 38.6 Å². The van der Waals surface area contributed by atoms with Crippen LogP contribution in [0.25, 0.3) is 6.08 Å². The quantitative estimate of drug-likeness (QED) is 0.774. The molecule has 140 valence electrons. The number of aromatic nitrogens is 1. The molecule has 2 aromatic rings. The van der Waals surface area contributed by atoms with Gasteiger partial charge in [0, 0.05) is 17.5 Å². The molecule has 3 rings (SSSR count). The Morgan fingerprint density at radius 1 is 1.46 bits per heavy atom. The summed E-state index contributed by atoms with van der Waals surface area (Å²) in [5.74, 6) is 0.666. The van der Waals surface area contributed by atoms with E-state index in [9.17, 15) is 5.11 Å². The largest absolute Gasteiger partial charge is 0.504 e. The zero-order chi connectivity index (χ0) is 18.5. The smallest absolute Gasteiger partial charge is 0.180 e. The summed E-state index contributed by atoms with van der Waals surface area (Å²) in [6.07, 6.45) is 8.55. The molecule has 0 fully saturated rings. The molecule has 0 bridgehead atoms. The molecule has 1 unspecified atom stereocenters. The Hall–Kier alpha value is -2.05. The van der Waals surface area contributed by atoms with Crippen LogP contribution < -0.4 is 10.5 Å². The maximum Gasteiger partial charge on any atom is 0.180 e. The number of hydrogen-bond donors (Lipinski definition) is 2. The molecule has 0 amide bonds. The summed E-state index contributed by atoms with van der Waals surface area (Å²) in [6, 6.07) is 6.00. The Balaban J connectivity index is 1.64. The Bertz CT molecular complexity index is 772. The van der Waals surface area contributed by atoms with Crippen LogP contribution in [0, 0.1) is 0 Å². The van der Waals surface area contributed by atoms with Gasteiger partial charge < -0.3 is 15.6 Å². The van der Waals surface area contributed by atoms with Crippen molar-refractivity contribution < 1.29 is 9.84 Å². The first kappa shape index (κ1) is 18.7. The number of methoxy groups -OCH3 is 1. The number of aryl methyl sites for hydroxylation is 1. The third-order valence-corrected chi connectivity index (χ3v) is 5.76. The number of fused-ring (bicyclic) bond motifs is 1. The van der Waals surface area contributed by atoms with E-state index in [1.165, 1.54) is 10.6 Å². The summed E-state index contributed by atoms with van der Waals surface area (Å²) < 4.78 is 5.09. The molecule has 1 heterocycles. The van der Waals surface area contributed by atoms with Crippen LogP contribution in [0.5, 0.6) is 11.5 Å². The summed E-state index contributed by atoms with van der Waals surface area (Å²) >= 11 is 1.64. The lowest BCUT2D eigenvalue weighted by molar-refractivity contribution is 0.200. The molecule has 5 nitrogen and oxygen atoms in total. The zero-order valence-corrected chi connectivity index (χ0v) is 16.3. The Morgan fingerprint density at radius 3 is 3.04 bits per heavy atom. The molecule has 0 saturated carbocycles. The average molecular weight is 374 g/mol. The molecule has 0 aliphatic heterocycles. The summed E-state index contributed by atoms with van der Waals surface area (Å²) in [5, 5.41) is 10.6. The third-order valence-electron chi connectivity index (χ3n) is 4.81. The van der Waals surface area contributed by atoms with E-state index in [2.05, 4.69) is 29.0 Å². The highest BCUT2D eigenvalue weighted by Crippen LogP contribution is 2.30. The van der Waals surface area contributed by atoms with Crippen LogP contribution in [0.3, 0.4) is 0 Å². The number of aromatic hydroxyl groups is 1. The Kier molecular flexibility index (Phi) is 6.16. The normalized spacial score (nSPS) is 17.0. The number of phenolic OH excluding ortho intramolecular Hbond substituents is 1. The zero-order valence-electron chi connectivity index (χ0n) is 15.4. The second-order valence-corrected chi connectivity index (χ2v) is 7.76. The minimum atomic E-state index is 0.169. The molecule has 0 saturated heterocycles. The molecule has 1 atom stereocenters. The van der Waals surface area contributed by atoms with Crippen LogP contribution in [0.2, 0.25) is 0 Å². The first-order valence-electron chi connectivity index (χ1n) is 9.12. The van der Waals surface area contributed by atoms with Gasteiger partial charge in [0.05, 0.1) is 12.8 Å². The van der Waals surface area contributed by atoms with Crippen LogP contribution >= 0.6 is 11.3 Å². The molecule has 1 aliphatic rings. The van der Waals surface area contributed by atoms with E-state index in [4.69, 9.17) is 10.5 Å². The number of hydrogen-bond acceptors (Lipinski definition) is 6. The number of nitrogen functional groups attached to an aromatic ring is 1. The van der Waals surface area contributed by atoms with Gasteiger partial charge in [0.15, 0.2) is 16.6 Å². The van der Waals surface area contributed by atoms with E-state index in [1.807, 2.05) is 6.07 Å². The van der Waals surface area contributed by atoms with Crippen LogP contribution in [-0.4, -0.2) is 41.2 Å². The lowest BCUT2D eigenvalue weighted by Crippen LogP contribution is -2.39. The minimum Gasteiger partial charge on any atom is -0.504 e. The number of thiazole rings is 1. The van der Waals surface area contributed by atoms with E-state index >= 15 is 0 Å². The number of rotatable bonds is 7. The van der Waals surface area contributed by atoms with Gasteiger partial charge >= 0.3 is 0 Å². The third kappa shape index (κ3) is 4.37. The molecular weight excluding hydrogens is 346 g/mol. The van der Waals surface area contributed by atoms with Gasteiger partial charge in [0.1, 0.15) is 0 Å². The van der Waals surface area contributed by atoms with Crippen LogP contribution in [0.1, 0.15) is 35.9 Å². The SMILES string of the molecule is CCCN(C/C=C/c1ccc(OC)c(O)c1)C1CCc2nc(N)sc2C1. The summed E-state index contributed by atoms with van der Waals surface area (Å²) in [7, 11) is 1.56. The second-order valence-electron chi connectivity index (χ2n) is 6.65. The number of nitrogens with zero attached hydrogens (tertiary/aromatic N) is 2. The van der Waals surface area contributed by atoms with Gasteiger partial charge in [-0.05, 0) is 49.9 Å². The van der Waals surface area contributed by atoms with Crippen molar-refractivity contribution in [2.24, 2.45) is 0 Å². The maximum atomic E-state index is 9.90. The average Bonchev–Trinajstić information content (AvgIpc) is 3.00. The highest BCUT2D eigenvalue weighted by Gasteiger charge is 2.25. The van der Waals surface area contributed by atoms with E-state index in [0.717, 1.165) is 44.3 Å².